The van der Waals surface area contributed by atoms with Crippen LogP contribution in [-0.2, 0) is 19.2 Å². The van der Waals surface area contributed by atoms with Gasteiger partial charge in [-0.1, -0.05) is 36.4 Å². The zero-order chi connectivity index (χ0) is 27.8. The minimum Gasteiger partial charge on any atom is -0.361 e. The molecular weight excluding hydrogens is 522 g/mol. The summed E-state index contributed by atoms with van der Waals surface area (Å²) in [4.78, 5) is 62.2. The van der Waals surface area contributed by atoms with Crippen molar-refractivity contribution in [3.63, 3.8) is 0 Å². The number of hydrogen-bond acceptors (Lipinski definition) is 7. The van der Waals surface area contributed by atoms with Crippen LogP contribution >= 0.6 is 0 Å². The molecule has 0 bridgehead atoms. The highest BCUT2D eigenvalue weighted by molar-refractivity contribution is 6.38. The minimum atomic E-state index is -0.419. The molecule has 6 heterocycles. The highest BCUT2D eigenvalue weighted by atomic mass is 16.2. The van der Waals surface area contributed by atoms with Gasteiger partial charge in [0.25, 0.3) is 23.6 Å². The number of imide groups is 2. The first-order valence-corrected chi connectivity index (χ1v) is 13.6. The van der Waals surface area contributed by atoms with Crippen LogP contribution in [0.3, 0.4) is 0 Å². The molecule has 8 rings (SSSR count). The summed E-state index contributed by atoms with van der Waals surface area (Å²) in [6.07, 6.45) is 4.62. The molecule has 0 saturated carbocycles. The van der Waals surface area contributed by atoms with Gasteiger partial charge in [0.1, 0.15) is 11.4 Å². The lowest BCUT2D eigenvalue weighted by Gasteiger charge is -2.50. The molecule has 2 unspecified atom stereocenters. The SMILES string of the molecule is O=C1NC(=O)C(N2CCC2NC2CCN2C2=C(c3c[nH]c4ccccc34)C(=O)NC2=O)=C1c1c[nH]c2ccccc12. The molecule has 4 aliphatic heterocycles. The number of carbonyl (C=O) groups excluding carboxylic acids is 4. The van der Waals surface area contributed by atoms with Crippen molar-refractivity contribution in [1.29, 1.82) is 0 Å². The van der Waals surface area contributed by atoms with Crippen molar-refractivity contribution in [2.45, 2.75) is 25.2 Å². The molecule has 0 radical (unpaired) electrons. The van der Waals surface area contributed by atoms with E-state index in [1.54, 1.807) is 12.4 Å². The first-order valence-electron chi connectivity index (χ1n) is 13.6. The van der Waals surface area contributed by atoms with E-state index < -0.39 is 23.6 Å². The fraction of sp³-hybridized carbons (Fsp3) is 0.200. The standard InChI is InChI=1S/C30H25N7O4/c38-27-23(17-13-31-19-7-3-1-5-15(17)19)25(29(40)34-27)36-11-9-21(36)33-22-10-12-37(22)26-24(28(39)35-30(26)41)18-14-32-20-8-4-2-6-16(18)20/h1-8,13-14,21-22,31-33H,9-12H2,(H,34,38,40)(H,35,39,41). The molecule has 5 N–H and O–H groups in total. The third kappa shape index (κ3) is 3.42. The van der Waals surface area contributed by atoms with Gasteiger partial charge in [-0.05, 0) is 25.0 Å². The monoisotopic (exact) mass is 547 g/mol. The van der Waals surface area contributed by atoms with Crippen LogP contribution in [0.1, 0.15) is 24.0 Å². The van der Waals surface area contributed by atoms with Crippen LogP contribution in [0.2, 0.25) is 0 Å². The van der Waals surface area contributed by atoms with Gasteiger partial charge in [-0.2, -0.15) is 0 Å². The largest absolute Gasteiger partial charge is 0.361 e. The number of aromatic amines is 2. The number of para-hydroxylation sites is 2. The number of amides is 4. The van der Waals surface area contributed by atoms with Crippen molar-refractivity contribution >= 4 is 56.6 Å². The van der Waals surface area contributed by atoms with Crippen molar-refractivity contribution in [3.05, 3.63) is 83.4 Å². The molecule has 11 nitrogen and oxygen atoms in total. The summed E-state index contributed by atoms with van der Waals surface area (Å²) in [5.41, 5.74) is 4.55. The second-order valence-corrected chi connectivity index (χ2v) is 10.7. The molecule has 0 aliphatic carbocycles. The smallest absolute Gasteiger partial charge is 0.275 e. The van der Waals surface area contributed by atoms with E-state index in [4.69, 9.17) is 0 Å². The quantitative estimate of drug-likeness (QED) is 0.232. The molecule has 11 heteroatoms. The number of aromatic nitrogens is 2. The Morgan fingerprint density at radius 3 is 1.46 bits per heavy atom. The van der Waals surface area contributed by atoms with E-state index in [2.05, 4.69) is 25.9 Å². The molecule has 2 fully saturated rings. The summed E-state index contributed by atoms with van der Waals surface area (Å²) in [5.74, 6) is -1.67. The highest BCUT2D eigenvalue weighted by Gasteiger charge is 2.46. The third-order valence-corrected chi connectivity index (χ3v) is 8.53. The maximum Gasteiger partial charge on any atom is 0.275 e. The van der Waals surface area contributed by atoms with Gasteiger partial charge in [-0.3, -0.25) is 35.1 Å². The van der Waals surface area contributed by atoms with Crippen molar-refractivity contribution in [2.24, 2.45) is 0 Å². The molecule has 4 aliphatic rings. The first-order chi connectivity index (χ1) is 20.0. The van der Waals surface area contributed by atoms with Crippen LogP contribution < -0.4 is 16.0 Å². The number of benzene rings is 2. The van der Waals surface area contributed by atoms with Crippen LogP contribution in [0.25, 0.3) is 33.0 Å². The van der Waals surface area contributed by atoms with Crippen LogP contribution in [0.5, 0.6) is 0 Å². The van der Waals surface area contributed by atoms with Crippen LogP contribution in [0.4, 0.5) is 0 Å². The maximum absolute atomic E-state index is 13.0. The van der Waals surface area contributed by atoms with Crippen molar-refractivity contribution in [2.75, 3.05) is 13.1 Å². The number of nitrogens with one attached hydrogen (secondary N) is 5. The van der Waals surface area contributed by atoms with E-state index in [9.17, 15) is 19.2 Å². The van der Waals surface area contributed by atoms with Crippen LogP contribution in [0, 0.1) is 0 Å². The minimum absolute atomic E-state index is 0.216. The van der Waals surface area contributed by atoms with Gasteiger partial charge in [0.15, 0.2) is 0 Å². The van der Waals surface area contributed by atoms with E-state index in [-0.39, 0.29) is 12.3 Å². The molecule has 2 saturated heterocycles. The number of likely N-dealkylation sites (tertiary alicyclic amines) is 2. The summed E-state index contributed by atoms with van der Waals surface area (Å²) in [5, 5.41) is 10.3. The van der Waals surface area contributed by atoms with Gasteiger partial charge in [-0.25, -0.2) is 0 Å². The summed E-state index contributed by atoms with van der Waals surface area (Å²) >= 11 is 0. The highest BCUT2D eigenvalue weighted by Crippen LogP contribution is 2.38. The molecule has 2 aromatic carbocycles. The van der Waals surface area contributed by atoms with Gasteiger partial charge >= 0.3 is 0 Å². The second-order valence-electron chi connectivity index (χ2n) is 10.7. The Hall–Kier alpha value is -5.16. The molecule has 2 atom stereocenters. The van der Waals surface area contributed by atoms with Crippen molar-refractivity contribution in [3.8, 4) is 0 Å². The summed E-state index contributed by atoms with van der Waals surface area (Å²) in [7, 11) is 0. The molecule has 204 valence electrons. The van der Waals surface area contributed by atoms with Gasteiger partial charge in [-0.15, -0.1) is 0 Å². The zero-order valence-electron chi connectivity index (χ0n) is 21.8. The topological polar surface area (TPSA) is 142 Å². The molecular formula is C30H25N7O4. The lowest BCUT2D eigenvalue weighted by molar-refractivity contribution is -0.126. The van der Waals surface area contributed by atoms with E-state index in [1.807, 2.05) is 58.3 Å². The zero-order valence-corrected chi connectivity index (χ0v) is 21.8. The molecule has 4 aromatic rings. The number of nitrogens with zero attached hydrogens (tertiary/aromatic N) is 2. The fourth-order valence-corrected chi connectivity index (χ4v) is 6.37. The number of fused-ring (bicyclic) bond motifs is 2. The number of carbonyl (C=O) groups is 4. The molecule has 4 amide bonds. The van der Waals surface area contributed by atoms with Crippen molar-refractivity contribution in [1.82, 2.24) is 35.7 Å². The second kappa shape index (κ2) is 8.67. The number of rotatable bonds is 6. The van der Waals surface area contributed by atoms with Gasteiger partial charge in [0, 0.05) is 58.4 Å². The van der Waals surface area contributed by atoms with E-state index >= 15 is 0 Å². The number of H-pyrrole nitrogens is 2. The van der Waals surface area contributed by atoms with Crippen molar-refractivity contribution < 1.29 is 19.2 Å². The van der Waals surface area contributed by atoms with Crippen LogP contribution in [0.15, 0.2) is 72.3 Å². The maximum atomic E-state index is 13.0. The van der Waals surface area contributed by atoms with E-state index in [1.165, 1.54) is 0 Å². The fourth-order valence-electron chi connectivity index (χ4n) is 6.37. The molecule has 2 aromatic heterocycles. The lowest BCUT2D eigenvalue weighted by Crippen LogP contribution is -2.65. The third-order valence-electron chi connectivity index (χ3n) is 8.53. The summed E-state index contributed by atoms with van der Waals surface area (Å²) in [6.45, 7) is 1.21. The molecule has 0 spiro atoms. The predicted molar refractivity (Wildman–Crippen MR) is 150 cm³/mol. The van der Waals surface area contributed by atoms with Gasteiger partial charge in [0.2, 0.25) is 0 Å². The predicted octanol–water partition coefficient (Wildman–Crippen LogP) is 1.74. The average Bonchev–Trinajstić information content (AvgIpc) is 3.68. The Labute approximate surface area is 233 Å². The first kappa shape index (κ1) is 23.7. The Kier molecular flexibility index (Phi) is 5.01. The normalized spacial score (nSPS) is 22.6. The lowest BCUT2D eigenvalue weighted by atomic mass is 9.98. The summed E-state index contributed by atoms with van der Waals surface area (Å²) < 4.78 is 0. The Bertz CT molecular complexity index is 1760. The summed E-state index contributed by atoms with van der Waals surface area (Å²) in [6, 6.07) is 15.3. The Morgan fingerprint density at radius 1 is 0.610 bits per heavy atom. The Balaban J connectivity index is 1.11. The van der Waals surface area contributed by atoms with Crippen LogP contribution in [-0.4, -0.2) is 68.8 Å². The van der Waals surface area contributed by atoms with E-state index in [0.29, 0.717) is 46.8 Å². The van der Waals surface area contributed by atoms with Gasteiger partial charge in [0.05, 0.1) is 23.5 Å². The Morgan fingerprint density at radius 2 is 1.05 bits per heavy atom. The number of hydrogen-bond donors (Lipinski definition) is 5. The van der Waals surface area contributed by atoms with Gasteiger partial charge < -0.3 is 19.8 Å². The average molecular weight is 548 g/mol. The molecule has 41 heavy (non-hydrogen) atoms. The van der Waals surface area contributed by atoms with E-state index in [0.717, 1.165) is 34.6 Å².